The van der Waals surface area contributed by atoms with Crippen molar-refractivity contribution in [2.24, 2.45) is 0 Å². The van der Waals surface area contributed by atoms with Crippen LogP contribution in [0, 0.1) is 0 Å². The van der Waals surface area contributed by atoms with Crippen LogP contribution in [0.3, 0.4) is 0 Å². The average Bonchev–Trinajstić information content (AvgIpc) is 2.31. The minimum Gasteiger partial charge on any atom is -0.464 e. The highest BCUT2D eigenvalue weighted by atomic mass is 16.5. The lowest BCUT2D eigenvalue weighted by Crippen LogP contribution is -2.39. The second kappa shape index (κ2) is 10.1. The number of nitrogens with one attached hydrogen (secondary N) is 1. The molecule has 1 atom stereocenters. The summed E-state index contributed by atoms with van der Waals surface area (Å²) in [6.45, 7) is 6.23. The molecular weight excluding hydrogens is 218 g/mol. The number of hydrogen-bond acceptors (Lipinski definition) is 3. The molecule has 0 rings (SSSR count). The first-order chi connectivity index (χ1) is 8.11. The summed E-state index contributed by atoms with van der Waals surface area (Å²) in [7, 11) is 0. The van der Waals surface area contributed by atoms with Crippen LogP contribution in [0.1, 0.15) is 59.3 Å². The molecule has 4 nitrogen and oxygen atoms in total. The number of esters is 1. The third-order valence-corrected chi connectivity index (χ3v) is 2.48. The van der Waals surface area contributed by atoms with E-state index in [4.69, 9.17) is 4.74 Å². The Labute approximate surface area is 104 Å². The van der Waals surface area contributed by atoms with E-state index in [1.165, 1.54) is 0 Å². The van der Waals surface area contributed by atoms with E-state index in [-0.39, 0.29) is 11.9 Å². The molecule has 1 N–H and O–H groups in total. The van der Waals surface area contributed by atoms with Crippen molar-refractivity contribution in [2.75, 3.05) is 6.61 Å². The molecule has 0 heterocycles. The van der Waals surface area contributed by atoms with Crippen LogP contribution in [0.15, 0.2) is 0 Å². The van der Waals surface area contributed by atoms with E-state index >= 15 is 0 Å². The standard InChI is InChI=1S/C13H25NO3/c1-4-6-8-10-17-13(16)11(3)14-12(15)9-7-5-2/h11H,4-10H2,1-3H3,(H,14,15)/t11-/m0/s1. The first-order valence-electron chi connectivity index (χ1n) is 6.57. The van der Waals surface area contributed by atoms with Gasteiger partial charge < -0.3 is 10.1 Å². The zero-order valence-corrected chi connectivity index (χ0v) is 11.3. The molecule has 4 heteroatoms. The normalized spacial score (nSPS) is 11.9. The van der Waals surface area contributed by atoms with Gasteiger partial charge in [-0.2, -0.15) is 0 Å². The molecule has 0 radical (unpaired) electrons. The fourth-order valence-corrected chi connectivity index (χ4v) is 1.36. The van der Waals surface area contributed by atoms with E-state index in [1.807, 2.05) is 6.92 Å². The third-order valence-electron chi connectivity index (χ3n) is 2.48. The molecule has 0 aromatic rings. The molecule has 0 saturated heterocycles. The van der Waals surface area contributed by atoms with Crippen LogP contribution in [0.25, 0.3) is 0 Å². The van der Waals surface area contributed by atoms with Crippen molar-refractivity contribution >= 4 is 11.9 Å². The number of hydrogen-bond donors (Lipinski definition) is 1. The van der Waals surface area contributed by atoms with Crippen molar-refractivity contribution < 1.29 is 14.3 Å². The lowest BCUT2D eigenvalue weighted by Gasteiger charge is -2.13. The fourth-order valence-electron chi connectivity index (χ4n) is 1.36. The smallest absolute Gasteiger partial charge is 0.328 e. The van der Waals surface area contributed by atoms with Crippen molar-refractivity contribution in [3.05, 3.63) is 0 Å². The summed E-state index contributed by atoms with van der Waals surface area (Å²) in [6.07, 6.45) is 5.35. The molecule has 17 heavy (non-hydrogen) atoms. The average molecular weight is 243 g/mol. The molecule has 0 aliphatic carbocycles. The largest absolute Gasteiger partial charge is 0.464 e. The number of ether oxygens (including phenoxy) is 1. The Morgan fingerprint density at radius 2 is 1.76 bits per heavy atom. The van der Waals surface area contributed by atoms with Gasteiger partial charge >= 0.3 is 5.97 Å². The monoisotopic (exact) mass is 243 g/mol. The lowest BCUT2D eigenvalue weighted by molar-refractivity contribution is -0.147. The number of rotatable bonds is 9. The molecule has 1 amide bonds. The van der Waals surface area contributed by atoms with Gasteiger partial charge in [0.25, 0.3) is 0 Å². The molecule has 100 valence electrons. The Morgan fingerprint density at radius 1 is 1.12 bits per heavy atom. The van der Waals surface area contributed by atoms with Crippen molar-refractivity contribution in [1.82, 2.24) is 5.32 Å². The number of amides is 1. The summed E-state index contributed by atoms with van der Waals surface area (Å²) < 4.78 is 5.06. The quantitative estimate of drug-likeness (QED) is 0.500. The summed E-state index contributed by atoms with van der Waals surface area (Å²) in [4.78, 5) is 22.9. The second-order valence-corrected chi connectivity index (χ2v) is 4.27. The highest BCUT2D eigenvalue weighted by Gasteiger charge is 2.16. The Morgan fingerprint density at radius 3 is 2.35 bits per heavy atom. The van der Waals surface area contributed by atoms with Crippen LogP contribution in [-0.4, -0.2) is 24.5 Å². The van der Waals surface area contributed by atoms with Crippen LogP contribution in [0.4, 0.5) is 0 Å². The van der Waals surface area contributed by atoms with E-state index in [1.54, 1.807) is 6.92 Å². The van der Waals surface area contributed by atoms with Gasteiger partial charge in [-0.25, -0.2) is 4.79 Å². The van der Waals surface area contributed by atoms with E-state index in [0.717, 1.165) is 32.1 Å². The highest BCUT2D eigenvalue weighted by Crippen LogP contribution is 1.98. The van der Waals surface area contributed by atoms with Crippen LogP contribution in [-0.2, 0) is 14.3 Å². The molecular formula is C13H25NO3. The highest BCUT2D eigenvalue weighted by molar-refractivity contribution is 5.84. The number of unbranched alkanes of at least 4 members (excludes halogenated alkanes) is 3. The molecule has 0 aliphatic rings. The van der Waals surface area contributed by atoms with E-state index < -0.39 is 6.04 Å². The molecule has 0 aromatic heterocycles. The second-order valence-electron chi connectivity index (χ2n) is 4.27. The van der Waals surface area contributed by atoms with Crippen LogP contribution in [0.5, 0.6) is 0 Å². The van der Waals surface area contributed by atoms with Crippen LogP contribution < -0.4 is 5.32 Å². The lowest BCUT2D eigenvalue weighted by atomic mass is 10.2. The maximum atomic E-state index is 11.5. The summed E-state index contributed by atoms with van der Waals surface area (Å²) in [5.41, 5.74) is 0. The molecule has 0 unspecified atom stereocenters. The van der Waals surface area contributed by atoms with Gasteiger partial charge in [-0.15, -0.1) is 0 Å². The summed E-state index contributed by atoms with van der Waals surface area (Å²) in [5.74, 6) is -0.421. The number of carbonyl (C=O) groups excluding carboxylic acids is 2. The van der Waals surface area contributed by atoms with Crippen molar-refractivity contribution in [2.45, 2.75) is 65.3 Å². The van der Waals surface area contributed by atoms with Crippen LogP contribution in [0.2, 0.25) is 0 Å². The summed E-state index contributed by atoms with van der Waals surface area (Å²) in [6, 6.07) is -0.541. The molecule has 0 bridgehead atoms. The van der Waals surface area contributed by atoms with Crippen molar-refractivity contribution in [3.8, 4) is 0 Å². The Bertz CT molecular complexity index is 229. The van der Waals surface area contributed by atoms with Crippen molar-refractivity contribution in [3.63, 3.8) is 0 Å². The predicted octanol–water partition coefficient (Wildman–Crippen LogP) is 2.41. The minimum atomic E-state index is -0.541. The van der Waals surface area contributed by atoms with Gasteiger partial charge in [0.2, 0.25) is 5.91 Å². The van der Waals surface area contributed by atoms with E-state index in [9.17, 15) is 9.59 Å². The molecule has 0 aromatic carbocycles. The van der Waals surface area contributed by atoms with Gasteiger partial charge in [-0.05, 0) is 19.8 Å². The SMILES string of the molecule is CCCCCOC(=O)[C@H](C)NC(=O)CCCC. The van der Waals surface area contributed by atoms with Gasteiger partial charge in [0.15, 0.2) is 0 Å². The van der Waals surface area contributed by atoms with Gasteiger partial charge in [-0.3, -0.25) is 4.79 Å². The number of carbonyl (C=O) groups is 2. The molecule has 0 saturated carbocycles. The predicted molar refractivity (Wildman–Crippen MR) is 67.6 cm³/mol. The molecule has 0 spiro atoms. The summed E-state index contributed by atoms with van der Waals surface area (Å²) >= 11 is 0. The first-order valence-corrected chi connectivity index (χ1v) is 6.57. The van der Waals surface area contributed by atoms with E-state index in [2.05, 4.69) is 12.2 Å². The maximum Gasteiger partial charge on any atom is 0.328 e. The van der Waals surface area contributed by atoms with Crippen LogP contribution >= 0.6 is 0 Å². The maximum absolute atomic E-state index is 11.5. The Kier molecular flexibility index (Phi) is 9.49. The van der Waals surface area contributed by atoms with Crippen molar-refractivity contribution in [1.29, 1.82) is 0 Å². The van der Waals surface area contributed by atoms with Gasteiger partial charge in [0.1, 0.15) is 6.04 Å². The van der Waals surface area contributed by atoms with Gasteiger partial charge in [-0.1, -0.05) is 33.1 Å². The third kappa shape index (κ3) is 8.72. The zero-order chi connectivity index (χ0) is 13.1. The Balaban J connectivity index is 3.69. The Hall–Kier alpha value is -1.06. The van der Waals surface area contributed by atoms with Gasteiger partial charge in [0, 0.05) is 6.42 Å². The summed E-state index contributed by atoms with van der Waals surface area (Å²) in [5, 5.41) is 2.64. The topological polar surface area (TPSA) is 55.4 Å². The molecule has 0 aliphatic heterocycles. The fraction of sp³-hybridized carbons (Fsp3) is 0.846. The zero-order valence-electron chi connectivity index (χ0n) is 11.3. The molecule has 0 fully saturated rings. The first kappa shape index (κ1) is 15.9. The van der Waals surface area contributed by atoms with E-state index in [0.29, 0.717) is 13.0 Å². The van der Waals surface area contributed by atoms with Gasteiger partial charge in [0.05, 0.1) is 6.61 Å². The minimum absolute atomic E-state index is 0.0788.